The summed E-state index contributed by atoms with van der Waals surface area (Å²) in [6.45, 7) is 6.05. The van der Waals surface area contributed by atoms with Gasteiger partial charge in [0.25, 0.3) is 0 Å². The second-order valence-electron chi connectivity index (χ2n) is 11.8. The zero-order valence-electron chi connectivity index (χ0n) is 21.0. The Balaban J connectivity index is 1.80. The fourth-order valence-electron chi connectivity index (χ4n) is 7.61. The van der Waals surface area contributed by atoms with E-state index in [-0.39, 0.29) is 30.6 Å². The topological polar surface area (TPSA) is 157 Å². The van der Waals surface area contributed by atoms with Gasteiger partial charge >= 0.3 is 5.97 Å². The normalized spacial score (nSPS) is 46.2. The van der Waals surface area contributed by atoms with E-state index < -0.39 is 70.5 Å². The predicted octanol–water partition coefficient (Wildman–Crippen LogP) is 0.303. The highest BCUT2D eigenvalue weighted by Gasteiger charge is 2.77. The molecular formula is C27H36O9. The maximum Gasteiger partial charge on any atom is 0.338 e. The van der Waals surface area contributed by atoms with Crippen LogP contribution in [0.5, 0.6) is 0 Å². The van der Waals surface area contributed by atoms with Crippen LogP contribution in [0.15, 0.2) is 41.5 Å². The van der Waals surface area contributed by atoms with Crippen molar-refractivity contribution in [1.29, 1.82) is 0 Å². The monoisotopic (exact) mass is 504 g/mol. The van der Waals surface area contributed by atoms with Crippen LogP contribution >= 0.6 is 0 Å². The van der Waals surface area contributed by atoms with Crippen molar-refractivity contribution in [1.82, 2.24) is 0 Å². The van der Waals surface area contributed by atoms with Gasteiger partial charge in [0.05, 0.1) is 47.6 Å². The third kappa shape index (κ3) is 3.11. The molecule has 198 valence electrons. The maximum atomic E-state index is 13.5. The summed E-state index contributed by atoms with van der Waals surface area (Å²) in [6, 6.07) is 8.25. The molecule has 36 heavy (non-hydrogen) atoms. The van der Waals surface area contributed by atoms with Gasteiger partial charge in [-0.15, -0.1) is 0 Å². The lowest BCUT2D eigenvalue weighted by Crippen LogP contribution is -2.77. The van der Waals surface area contributed by atoms with Crippen molar-refractivity contribution in [2.24, 2.45) is 16.7 Å². The first kappa shape index (κ1) is 25.8. The maximum absolute atomic E-state index is 13.5. The molecule has 0 unspecified atom stereocenters. The molecule has 0 radical (unpaired) electrons. The molecule has 1 aromatic carbocycles. The van der Waals surface area contributed by atoms with Crippen molar-refractivity contribution in [3.63, 3.8) is 0 Å². The Morgan fingerprint density at radius 2 is 1.78 bits per heavy atom. The van der Waals surface area contributed by atoms with Gasteiger partial charge in [-0.2, -0.15) is 0 Å². The number of carbonyl (C=O) groups excluding carboxylic acids is 1. The van der Waals surface area contributed by atoms with Crippen molar-refractivity contribution < 1.29 is 44.9 Å². The predicted molar refractivity (Wildman–Crippen MR) is 127 cm³/mol. The highest BCUT2D eigenvalue weighted by atomic mass is 16.6. The van der Waals surface area contributed by atoms with Crippen LogP contribution in [0, 0.1) is 16.7 Å². The summed E-state index contributed by atoms with van der Waals surface area (Å²) in [4.78, 5) is 13.5. The minimum absolute atomic E-state index is 0.0167. The first-order valence-corrected chi connectivity index (χ1v) is 12.5. The Morgan fingerprint density at radius 1 is 1.14 bits per heavy atom. The first-order valence-electron chi connectivity index (χ1n) is 12.5. The number of hydrogen-bond acceptors (Lipinski definition) is 9. The molecule has 1 aromatic rings. The van der Waals surface area contributed by atoms with Gasteiger partial charge in [-0.3, -0.25) is 0 Å². The fraction of sp³-hybridized carbons (Fsp3) is 0.667. The second kappa shape index (κ2) is 8.07. The van der Waals surface area contributed by atoms with Gasteiger partial charge < -0.3 is 40.1 Å². The summed E-state index contributed by atoms with van der Waals surface area (Å²) >= 11 is 0. The van der Waals surface area contributed by atoms with Crippen LogP contribution in [0.3, 0.4) is 0 Å². The summed E-state index contributed by atoms with van der Waals surface area (Å²) in [5.41, 5.74) is -5.67. The molecule has 1 saturated heterocycles. The molecule has 10 atom stereocenters. The number of esters is 1. The van der Waals surface area contributed by atoms with E-state index in [4.69, 9.17) is 9.47 Å². The highest BCUT2D eigenvalue weighted by molar-refractivity contribution is 5.89. The van der Waals surface area contributed by atoms with Crippen molar-refractivity contribution in [2.75, 3.05) is 6.61 Å². The molecule has 0 bridgehead atoms. The van der Waals surface area contributed by atoms with Gasteiger partial charge in [0.1, 0.15) is 17.8 Å². The van der Waals surface area contributed by atoms with Crippen molar-refractivity contribution in [3.05, 3.63) is 47.0 Å². The summed E-state index contributed by atoms with van der Waals surface area (Å²) in [7, 11) is 0. The lowest BCUT2D eigenvalue weighted by Gasteiger charge is -2.64. The van der Waals surface area contributed by atoms with Crippen LogP contribution in [0.25, 0.3) is 0 Å². The van der Waals surface area contributed by atoms with E-state index >= 15 is 0 Å². The van der Waals surface area contributed by atoms with Gasteiger partial charge in [-0.25, -0.2) is 4.79 Å². The molecule has 0 aromatic heterocycles. The number of rotatable bonds is 3. The van der Waals surface area contributed by atoms with E-state index in [1.807, 2.05) is 0 Å². The molecule has 5 rings (SSSR count). The van der Waals surface area contributed by atoms with Gasteiger partial charge in [0.15, 0.2) is 0 Å². The van der Waals surface area contributed by atoms with Gasteiger partial charge in [0.2, 0.25) is 0 Å². The molecule has 9 nitrogen and oxygen atoms in total. The largest absolute Gasteiger partial charge is 0.457 e. The third-order valence-electron chi connectivity index (χ3n) is 9.71. The Hall–Kier alpha value is -1.85. The number of fused-ring (bicyclic) bond motifs is 4. The Bertz CT molecular complexity index is 1080. The minimum atomic E-state index is -1.69. The highest BCUT2D eigenvalue weighted by Crippen LogP contribution is 2.66. The van der Waals surface area contributed by atoms with Crippen molar-refractivity contribution in [2.45, 2.75) is 88.4 Å². The molecule has 6 N–H and O–H groups in total. The Morgan fingerprint density at radius 3 is 2.33 bits per heavy atom. The Labute approximate surface area is 210 Å². The van der Waals surface area contributed by atoms with Crippen LogP contribution in [0.1, 0.15) is 50.9 Å². The fourth-order valence-corrected chi connectivity index (χ4v) is 7.61. The van der Waals surface area contributed by atoms with E-state index in [9.17, 15) is 35.4 Å². The lowest BCUT2D eigenvalue weighted by atomic mass is 9.50. The third-order valence-corrected chi connectivity index (χ3v) is 9.71. The summed E-state index contributed by atoms with van der Waals surface area (Å²) < 4.78 is 11.8. The molecular weight excluding hydrogens is 468 g/mol. The van der Waals surface area contributed by atoms with Gasteiger partial charge in [-0.1, -0.05) is 25.1 Å². The molecule has 3 fully saturated rings. The van der Waals surface area contributed by atoms with Crippen LogP contribution < -0.4 is 0 Å². The van der Waals surface area contributed by atoms with Crippen molar-refractivity contribution >= 4 is 5.97 Å². The summed E-state index contributed by atoms with van der Waals surface area (Å²) in [5.74, 6) is -1.87. The Kier molecular flexibility index (Phi) is 5.78. The summed E-state index contributed by atoms with van der Waals surface area (Å²) in [5, 5.41) is 69.2. The second-order valence-corrected chi connectivity index (χ2v) is 11.8. The van der Waals surface area contributed by atoms with Crippen LogP contribution in [0.2, 0.25) is 0 Å². The molecule has 2 saturated carbocycles. The number of aliphatic hydroxyl groups excluding tert-OH is 4. The molecule has 1 aliphatic heterocycles. The van der Waals surface area contributed by atoms with Crippen molar-refractivity contribution in [3.8, 4) is 0 Å². The molecule has 3 aliphatic carbocycles. The average Bonchev–Trinajstić information content (AvgIpc) is 3.07. The number of ether oxygens (including phenoxy) is 2. The SMILES string of the molecule is CC1=C2[C@H](O)[C@H](O)[C@@]3(C)[C@H]([C@H](OC(=O)c4ccccc4)[C@]2(C(C)(C)O)C[C@@H]1O)[C@]1(O)CO[C@@H]1C[C@@H]3O. The van der Waals surface area contributed by atoms with Crippen LogP contribution in [-0.2, 0) is 9.47 Å². The number of hydrogen-bond donors (Lipinski definition) is 6. The zero-order chi connectivity index (χ0) is 26.4. The van der Waals surface area contributed by atoms with E-state index in [1.54, 1.807) is 44.2 Å². The molecule has 1 heterocycles. The zero-order valence-corrected chi connectivity index (χ0v) is 21.0. The van der Waals surface area contributed by atoms with Crippen LogP contribution in [-0.4, -0.2) is 91.0 Å². The average molecular weight is 505 g/mol. The molecule has 0 amide bonds. The summed E-state index contributed by atoms with van der Waals surface area (Å²) in [6.07, 6.45) is -7.73. The number of benzene rings is 1. The van der Waals surface area contributed by atoms with Crippen LogP contribution in [0.4, 0.5) is 0 Å². The van der Waals surface area contributed by atoms with E-state index in [2.05, 4.69) is 0 Å². The minimum Gasteiger partial charge on any atom is -0.457 e. The van der Waals surface area contributed by atoms with E-state index in [1.165, 1.54) is 13.8 Å². The molecule has 9 heteroatoms. The first-order chi connectivity index (χ1) is 16.7. The van der Waals surface area contributed by atoms with Gasteiger partial charge in [-0.05, 0) is 50.5 Å². The number of aliphatic hydroxyl groups is 6. The molecule has 0 spiro atoms. The molecule has 4 aliphatic rings. The quantitative estimate of drug-likeness (QED) is 0.252. The number of carbonyl (C=O) groups is 1. The lowest BCUT2D eigenvalue weighted by molar-refractivity contribution is -0.349. The van der Waals surface area contributed by atoms with E-state index in [0.717, 1.165) is 0 Å². The smallest absolute Gasteiger partial charge is 0.338 e. The standard InChI is InChI=1S/C27H36O9/c1-13-15(28)11-26(24(2,3)33)18(13)19(30)21(31)25(4)16(29)10-17-27(34,12-35-17)20(25)22(26)36-23(32)14-8-6-5-7-9-14/h5-9,15-17,19-22,28-31,33-34H,10-12H2,1-4H3/t15-,16-,17+,19-,20-,21-,22-,25+,26-,27-/m0/s1. The van der Waals surface area contributed by atoms with E-state index in [0.29, 0.717) is 5.57 Å². The van der Waals surface area contributed by atoms with Gasteiger partial charge in [0, 0.05) is 17.8 Å².